The summed E-state index contributed by atoms with van der Waals surface area (Å²) in [7, 11) is -2.36. The number of amides is 1. The number of hydrogen-bond acceptors (Lipinski definition) is 7. The third-order valence-corrected chi connectivity index (χ3v) is 6.32. The first-order chi connectivity index (χ1) is 14.4. The predicted molar refractivity (Wildman–Crippen MR) is 110 cm³/mol. The van der Waals surface area contributed by atoms with E-state index < -0.39 is 15.7 Å². The molecule has 0 radical (unpaired) electrons. The molecular formula is C21H21N3O5S. The highest BCUT2D eigenvalue weighted by molar-refractivity contribution is 7.91. The molecule has 1 aromatic heterocycles. The van der Waals surface area contributed by atoms with Gasteiger partial charge in [-0.25, -0.2) is 18.9 Å². The van der Waals surface area contributed by atoms with Crippen molar-refractivity contribution in [1.82, 2.24) is 10.5 Å². The van der Waals surface area contributed by atoms with Crippen LogP contribution in [0.3, 0.4) is 0 Å². The Kier molecular flexibility index (Phi) is 6.34. The summed E-state index contributed by atoms with van der Waals surface area (Å²) in [6.45, 7) is 1.91. The lowest BCUT2D eigenvalue weighted by Crippen LogP contribution is -2.21. The zero-order valence-electron chi connectivity index (χ0n) is 16.4. The number of benzene rings is 2. The Morgan fingerprint density at radius 2 is 1.83 bits per heavy atom. The van der Waals surface area contributed by atoms with E-state index in [-0.39, 0.29) is 22.0 Å². The second-order valence-electron chi connectivity index (χ2n) is 6.44. The van der Waals surface area contributed by atoms with Crippen LogP contribution in [0.1, 0.15) is 21.5 Å². The molecule has 0 spiro atoms. The maximum absolute atomic E-state index is 13.1. The number of anilines is 1. The first kappa shape index (κ1) is 21.3. The second kappa shape index (κ2) is 8.93. The van der Waals surface area contributed by atoms with Gasteiger partial charge in [-0.1, -0.05) is 18.2 Å². The fourth-order valence-electron chi connectivity index (χ4n) is 3.00. The Bertz CT molecular complexity index is 1160. The molecule has 2 aromatic carbocycles. The molecule has 3 rings (SSSR count). The Hall–Kier alpha value is -3.43. The van der Waals surface area contributed by atoms with Crippen molar-refractivity contribution in [1.29, 1.82) is 0 Å². The lowest BCUT2D eigenvalue weighted by Gasteiger charge is -2.15. The molecule has 156 valence electrons. The number of para-hydroxylation sites is 1. The third-order valence-electron chi connectivity index (χ3n) is 4.55. The maximum atomic E-state index is 13.1. The van der Waals surface area contributed by atoms with E-state index in [1.54, 1.807) is 54.9 Å². The highest BCUT2D eigenvalue weighted by Gasteiger charge is 2.23. The summed E-state index contributed by atoms with van der Waals surface area (Å²) in [5.41, 5.74) is 3.54. The molecule has 3 aromatic rings. The predicted octanol–water partition coefficient (Wildman–Crippen LogP) is 2.96. The second-order valence-corrected chi connectivity index (χ2v) is 8.30. The fraction of sp³-hybridized carbons (Fsp3) is 0.143. The van der Waals surface area contributed by atoms with Crippen molar-refractivity contribution in [3.8, 4) is 5.75 Å². The summed E-state index contributed by atoms with van der Waals surface area (Å²) in [5, 5.41) is 12.0. The number of pyridine rings is 1. The minimum absolute atomic E-state index is 0.0792. The van der Waals surface area contributed by atoms with Crippen molar-refractivity contribution in [2.24, 2.45) is 0 Å². The Morgan fingerprint density at radius 3 is 2.50 bits per heavy atom. The highest BCUT2D eigenvalue weighted by Crippen LogP contribution is 2.26. The lowest BCUT2D eigenvalue weighted by molar-refractivity contribution is 0.0707. The number of carbonyl (C=O) groups is 1. The molecule has 1 amide bonds. The summed E-state index contributed by atoms with van der Waals surface area (Å²) < 4.78 is 31.3. The number of nitrogens with one attached hydrogen (secondary N) is 2. The van der Waals surface area contributed by atoms with Gasteiger partial charge in [0.1, 0.15) is 5.75 Å². The van der Waals surface area contributed by atoms with Gasteiger partial charge in [0.15, 0.2) is 5.03 Å². The minimum atomic E-state index is -3.87. The van der Waals surface area contributed by atoms with Gasteiger partial charge >= 0.3 is 0 Å². The van der Waals surface area contributed by atoms with Gasteiger partial charge in [-0.15, -0.1) is 0 Å². The SMILES string of the molecule is COc1ccc(S(=O)(=O)c2ncccc2CNc2c(C)cccc2C(=O)NO)cc1. The van der Waals surface area contributed by atoms with E-state index in [1.807, 2.05) is 0 Å². The van der Waals surface area contributed by atoms with Crippen molar-refractivity contribution >= 4 is 21.4 Å². The molecule has 0 bridgehead atoms. The van der Waals surface area contributed by atoms with Crippen molar-refractivity contribution < 1.29 is 23.2 Å². The molecular weight excluding hydrogens is 406 g/mol. The smallest absolute Gasteiger partial charge is 0.276 e. The average molecular weight is 427 g/mol. The Labute approximate surface area is 174 Å². The quantitative estimate of drug-likeness (QED) is 0.392. The number of nitrogens with zero attached hydrogens (tertiary/aromatic N) is 1. The van der Waals surface area contributed by atoms with Gasteiger partial charge in [0, 0.05) is 18.3 Å². The molecule has 0 aliphatic carbocycles. The first-order valence-electron chi connectivity index (χ1n) is 8.99. The molecule has 0 saturated heterocycles. The number of rotatable bonds is 7. The number of hydrogen-bond donors (Lipinski definition) is 3. The van der Waals surface area contributed by atoms with Crippen LogP contribution in [0.4, 0.5) is 5.69 Å². The molecule has 30 heavy (non-hydrogen) atoms. The molecule has 0 aliphatic heterocycles. The third kappa shape index (κ3) is 4.27. The average Bonchev–Trinajstić information content (AvgIpc) is 2.77. The van der Waals surface area contributed by atoms with Crippen molar-refractivity contribution in [3.05, 3.63) is 77.5 Å². The van der Waals surface area contributed by atoms with Crippen molar-refractivity contribution in [2.75, 3.05) is 12.4 Å². The van der Waals surface area contributed by atoms with Crippen LogP contribution in [0.25, 0.3) is 0 Å². The van der Waals surface area contributed by atoms with E-state index >= 15 is 0 Å². The molecule has 3 N–H and O–H groups in total. The van der Waals surface area contributed by atoms with E-state index in [4.69, 9.17) is 9.94 Å². The number of hydroxylamine groups is 1. The molecule has 0 atom stereocenters. The van der Waals surface area contributed by atoms with Gasteiger partial charge in [0.2, 0.25) is 9.84 Å². The van der Waals surface area contributed by atoms with Crippen LogP contribution in [0.2, 0.25) is 0 Å². The largest absolute Gasteiger partial charge is 0.497 e. The fourth-order valence-corrected chi connectivity index (χ4v) is 4.41. The monoisotopic (exact) mass is 427 g/mol. The normalized spacial score (nSPS) is 11.0. The highest BCUT2D eigenvalue weighted by atomic mass is 32.2. The molecule has 9 heteroatoms. The van der Waals surface area contributed by atoms with Crippen LogP contribution in [0.5, 0.6) is 5.75 Å². The maximum Gasteiger partial charge on any atom is 0.276 e. The van der Waals surface area contributed by atoms with Gasteiger partial charge in [0.25, 0.3) is 5.91 Å². The van der Waals surface area contributed by atoms with Crippen molar-refractivity contribution in [3.63, 3.8) is 0 Å². The number of carbonyl (C=O) groups excluding carboxylic acids is 1. The zero-order chi connectivity index (χ0) is 21.7. The number of ether oxygens (including phenoxy) is 1. The van der Waals surface area contributed by atoms with E-state index in [2.05, 4.69) is 10.3 Å². The van der Waals surface area contributed by atoms with Crippen LogP contribution in [0.15, 0.2) is 70.7 Å². The minimum Gasteiger partial charge on any atom is -0.497 e. The summed E-state index contributed by atoms with van der Waals surface area (Å²) in [5.74, 6) is -0.121. The van der Waals surface area contributed by atoms with Gasteiger partial charge < -0.3 is 10.1 Å². The van der Waals surface area contributed by atoms with Crippen LogP contribution in [-0.4, -0.2) is 31.6 Å². The zero-order valence-corrected chi connectivity index (χ0v) is 17.2. The Balaban J connectivity index is 1.95. The van der Waals surface area contributed by atoms with Crippen LogP contribution in [-0.2, 0) is 16.4 Å². The summed E-state index contributed by atoms with van der Waals surface area (Å²) in [6, 6.07) is 14.4. The van der Waals surface area contributed by atoms with Gasteiger partial charge in [0.05, 0.1) is 23.3 Å². The van der Waals surface area contributed by atoms with E-state index in [0.717, 1.165) is 5.56 Å². The Morgan fingerprint density at radius 1 is 1.10 bits per heavy atom. The number of aryl methyl sites for hydroxylation is 1. The van der Waals surface area contributed by atoms with Crippen LogP contribution < -0.4 is 15.5 Å². The van der Waals surface area contributed by atoms with Crippen molar-refractivity contribution in [2.45, 2.75) is 23.4 Å². The number of sulfone groups is 1. The van der Waals surface area contributed by atoms with E-state index in [0.29, 0.717) is 17.0 Å². The molecule has 1 heterocycles. The van der Waals surface area contributed by atoms with E-state index in [9.17, 15) is 13.2 Å². The standard InChI is InChI=1S/C21H21N3O5S/c1-14-5-3-7-18(20(25)24-26)19(14)23-13-15-6-4-12-22-21(15)30(27,28)17-10-8-16(29-2)9-11-17/h3-12,23,26H,13H2,1-2H3,(H,24,25). The lowest BCUT2D eigenvalue weighted by atomic mass is 10.1. The van der Waals surface area contributed by atoms with E-state index in [1.165, 1.54) is 25.4 Å². The van der Waals surface area contributed by atoms with Crippen LogP contribution in [0, 0.1) is 6.92 Å². The summed E-state index contributed by atoms with van der Waals surface area (Å²) in [6.07, 6.45) is 1.41. The summed E-state index contributed by atoms with van der Waals surface area (Å²) in [4.78, 5) is 16.1. The topological polar surface area (TPSA) is 118 Å². The number of methoxy groups -OCH3 is 1. The molecule has 0 fully saturated rings. The molecule has 0 unspecified atom stereocenters. The van der Waals surface area contributed by atoms with Crippen LogP contribution >= 0.6 is 0 Å². The first-order valence-corrected chi connectivity index (χ1v) is 10.5. The molecule has 8 nitrogen and oxygen atoms in total. The number of aromatic nitrogens is 1. The van der Waals surface area contributed by atoms with Gasteiger partial charge in [-0.2, -0.15) is 0 Å². The van der Waals surface area contributed by atoms with Gasteiger partial charge in [-0.05, 0) is 48.9 Å². The molecule has 0 saturated carbocycles. The van der Waals surface area contributed by atoms with Gasteiger partial charge in [-0.3, -0.25) is 10.0 Å². The summed E-state index contributed by atoms with van der Waals surface area (Å²) >= 11 is 0. The molecule has 0 aliphatic rings.